The Balaban J connectivity index is 2.90. The van der Waals surface area contributed by atoms with Gasteiger partial charge in [-0.05, 0) is 6.07 Å². The molecule has 1 aromatic heterocycles. The van der Waals surface area contributed by atoms with Crippen LogP contribution in [-0.4, -0.2) is 4.92 Å². The molecular formula is C7H3NO3S2. The van der Waals surface area contributed by atoms with Crippen LogP contribution in [0.25, 0.3) is 9.40 Å². The zero-order valence-corrected chi connectivity index (χ0v) is 7.85. The minimum absolute atomic E-state index is 0.0147. The van der Waals surface area contributed by atoms with E-state index in [0.29, 0.717) is 9.40 Å². The van der Waals surface area contributed by atoms with Crippen molar-refractivity contribution in [3.63, 3.8) is 0 Å². The summed E-state index contributed by atoms with van der Waals surface area (Å²) in [6.45, 7) is 0. The molecule has 0 spiro atoms. The van der Waals surface area contributed by atoms with Gasteiger partial charge in [0.25, 0.3) is 9.74 Å². The van der Waals surface area contributed by atoms with Crippen LogP contribution in [-0.2, 0) is 0 Å². The topological polar surface area (TPSA) is 60.2 Å². The number of hydrogen-bond acceptors (Lipinski definition) is 5. The lowest BCUT2D eigenvalue weighted by Crippen LogP contribution is -1.86. The molecule has 13 heavy (non-hydrogen) atoms. The maximum absolute atomic E-state index is 11.0. The summed E-state index contributed by atoms with van der Waals surface area (Å²) in [6, 6.07) is 4.71. The smallest absolute Gasteiger partial charge is 0.265 e. The first-order valence-corrected chi connectivity index (χ1v) is 4.99. The Bertz CT molecular complexity index is 528. The highest BCUT2D eigenvalue weighted by Crippen LogP contribution is 2.29. The molecule has 0 bridgehead atoms. The van der Waals surface area contributed by atoms with Crippen molar-refractivity contribution in [1.29, 1.82) is 0 Å². The summed E-state index contributed by atoms with van der Waals surface area (Å²) >= 11 is 1.97. The van der Waals surface area contributed by atoms with Gasteiger partial charge in [0.1, 0.15) is 4.70 Å². The molecule has 0 atom stereocenters. The van der Waals surface area contributed by atoms with Gasteiger partial charge in [-0.1, -0.05) is 28.7 Å². The first kappa shape index (κ1) is 8.33. The maximum Gasteiger partial charge on any atom is 0.288 e. The van der Waals surface area contributed by atoms with Gasteiger partial charge in [-0.15, -0.1) is 0 Å². The maximum atomic E-state index is 11.0. The van der Waals surface area contributed by atoms with Crippen molar-refractivity contribution in [3.05, 3.63) is 37.2 Å². The molecule has 1 aromatic carbocycles. The number of benzene rings is 1. The van der Waals surface area contributed by atoms with Crippen LogP contribution in [0.2, 0.25) is 0 Å². The predicted molar refractivity (Wildman–Crippen MR) is 52.6 cm³/mol. The summed E-state index contributed by atoms with van der Waals surface area (Å²) < 4.78 is 1.05. The molecule has 4 nitrogen and oxygen atoms in total. The Kier molecular flexibility index (Phi) is 1.86. The summed E-state index contributed by atoms with van der Waals surface area (Å²) in [5, 5.41) is 10.5. The molecule has 6 heteroatoms. The van der Waals surface area contributed by atoms with Gasteiger partial charge >= 0.3 is 0 Å². The molecule has 0 radical (unpaired) electrons. The van der Waals surface area contributed by atoms with Crippen molar-refractivity contribution in [2.45, 2.75) is 0 Å². The highest BCUT2D eigenvalue weighted by Gasteiger charge is 2.13. The van der Waals surface area contributed by atoms with Gasteiger partial charge in [0.2, 0.25) is 0 Å². The molecule has 0 fully saturated rings. The number of non-ortho nitro benzene ring substituents is 1. The van der Waals surface area contributed by atoms with Crippen molar-refractivity contribution in [2.24, 2.45) is 0 Å². The summed E-state index contributed by atoms with van der Waals surface area (Å²) in [5.74, 6) is 0. The zero-order valence-electron chi connectivity index (χ0n) is 6.22. The minimum atomic E-state index is -0.467. The number of nitrogens with zero attached hydrogens (tertiary/aromatic N) is 1. The SMILES string of the molecule is O=c1sc2cccc([N+](=O)[O-])c2s1. The molecule has 0 unspecified atom stereocenters. The third kappa shape index (κ3) is 1.34. The van der Waals surface area contributed by atoms with Crippen LogP contribution in [0.5, 0.6) is 0 Å². The van der Waals surface area contributed by atoms with Crippen molar-refractivity contribution in [1.82, 2.24) is 0 Å². The third-order valence-corrected chi connectivity index (χ3v) is 3.69. The van der Waals surface area contributed by atoms with Crippen LogP contribution in [0.4, 0.5) is 5.69 Å². The standard InChI is InChI=1S/C7H3NO3S2/c9-7-12-5-3-1-2-4(8(10)11)6(5)13-7/h1-3H. The fourth-order valence-corrected chi connectivity index (χ4v) is 3.07. The van der Waals surface area contributed by atoms with Crippen molar-refractivity contribution in [3.8, 4) is 0 Å². The molecule has 0 N–H and O–H groups in total. The molecule has 2 aromatic rings. The Hall–Kier alpha value is -1.27. The number of hydrogen-bond donors (Lipinski definition) is 0. The molecule has 0 aliphatic carbocycles. The first-order chi connectivity index (χ1) is 6.18. The monoisotopic (exact) mass is 213 g/mol. The molecule has 0 saturated carbocycles. The molecule has 1 heterocycles. The number of fused-ring (bicyclic) bond motifs is 1. The largest absolute Gasteiger partial charge is 0.288 e. The zero-order chi connectivity index (χ0) is 9.42. The molecule has 2 rings (SSSR count). The van der Waals surface area contributed by atoms with Crippen LogP contribution in [0, 0.1) is 10.1 Å². The van der Waals surface area contributed by atoms with Crippen LogP contribution >= 0.6 is 22.7 Å². The van der Waals surface area contributed by atoms with Gasteiger partial charge in [0, 0.05) is 6.07 Å². The molecule has 66 valence electrons. The van der Waals surface area contributed by atoms with Crippen molar-refractivity contribution in [2.75, 3.05) is 0 Å². The van der Waals surface area contributed by atoms with E-state index in [2.05, 4.69) is 0 Å². The van der Waals surface area contributed by atoms with E-state index in [4.69, 9.17) is 0 Å². The lowest BCUT2D eigenvalue weighted by molar-refractivity contribution is -0.382. The van der Waals surface area contributed by atoms with Crippen LogP contribution in [0.15, 0.2) is 23.0 Å². The van der Waals surface area contributed by atoms with E-state index in [1.165, 1.54) is 6.07 Å². The normalized spacial score (nSPS) is 10.5. The Morgan fingerprint density at radius 2 is 2.08 bits per heavy atom. The fourth-order valence-electron chi connectivity index (χ4n) is 1.02. The summed E-state index contributed by atoms with van der Waals surface area (Å²) in [4.78, 5) is 21.0. The van der Waals surface area contributed by atoms with Crippen LogP contribution in [0.1, 0.15) is 0 Å². The molecular weight excluding hydrogens is 210 g/mol. The van der Waals surface area contributed by atoms with Crippen molar-refractivity contribution >= 4 is 37.8 Å². The van der Waals surface area contributed by atoms with Crippen LogP contribution < -0.4 is 4.06 Å². The summed E-state index contributed by atoms with van der Waals surface area (Å²) in [6.07, 6.45) is 0. The van der Waals surface area contributed by atoms with E-state index in [9.17, 15) is 14.9 Å². The van der Waals surface area contributed by atoms with E-state index in [-0.39, 0.29) is 9.74 Å². The molecule has 0 aliphatic rings. The average molecular weight is 213 g/mol. The lowest BCUT2D eigenvalue weighted by Gasteiger charge is -1.90. The van der Waals surface area contributed by atoms with Crippen LogP contribution in [0.3, 0.4) is 0 Å². The van der Waals surface area contributed by atoms with Gasteiger partial charge in [-0.25, -0.2) is 0 Å². The van der Waals surface area contributed by atoms with E-state index < -0.39 is 4.92 Å². The molecule has 0 saturated heterocycles. The second-order valence-corrected chi connectivity index (χ2v) is 4.57. The van der Waals surface area contributed by atoms with Gasteiger partial charge in [-0.3, -0.25) is 14.9 Å². The molecule has 0 amide bonds. The van der Waals surface area contributed by atoms with Gasteiger partial charge in [-0.2, -0.15) is 0 Å². The van der Waals surface area contributed by atoms with E-state index in [1.807, 2.05) is 0 Å². The Labute approximate surface area is 80.2 Å². The first-order valence-electron chi connectivity index (χ1n) is 3.35. The Morgan fingerprint density at radius 1 is 1.31 bits per heavy atom. The second kappa shape index (κ2) is 2.90. The lowest BCUT2D eigenvalue weighted by atomic mass is 10.3. The minimum Gasteiger partial charge on any atom is -0.265 e. The summed E-state index contributed by atoms with van der Waals surface area (Å²) in [7, 11) is 0. The van der Waals surface area contributed by atoms with E-state index in [0.717, 1.165) is 22.7 Å². The number of nitro benzene ring substituents is 1. The molecule has 0 aliphatic heterocycles. The van der Waals surface area contributed by atoms with Gasteiger partial charge in [0.05, 0.1) is 9.62 Å². The average Bonchev–Trinajstić information content (AvgIpc) is 2.43. The van der Waals surface area contributed by atoms with Gasteiger partial charge < -0.3 is 0 Å². The highest BCUT2D eigenvalue weighted by atomic mass is 32.2. The van der Waals surface area contributed by atoms with Crippen molar-refractivity contribution < 1.29 is 4.92 Å². The predicted octanol–water partition coefficient (Wildman–Crippen LogP) is 2.23. The second-order valence-electron chi connectivity index (χ2n) is 2.32. The van der Waals surface area contributed by atoms with E-state index in [1.54, 1.807) is 12.1 Å². The summed E-state index contributed by atoms with van der Waals surface area (Å²) in [5.41, 5.74) is 0.0147. The van der Waals surface area contributed by atoms with Gasteiger partial charge in [0.15, 0.2) is 0 Å². The fraction of sp³-hybridized carbons (Fsp3) is 0. The third-order valence-electron chi connectivity index (χ3n) is 1.53. The number of nitro groups is 1. The quantitative estimate of drug-likeness (QED) is 0.539. The Morgan fingerprint density at radius 3 is 2.77 bits per heavy atom. The van der Waals surface area contributed by atoms with E-state index >= 15 is 0 Å². The highest BCUT2D eigenvalue weighted by molar-refractivity contribution is 7.35. The number of rotatable bonds is 1.